The maximum atomic E-state index is 5.88. The van der Waals surface area contributed by atoms with Crippen LogP contribution in [0, 0.1) is 6.92 Å². The van der Waals surface area contributed by atoms with Gasteiger partial charge in [0.05, 0.1) is 0 Å². The Kier molecular flexibility index (Phi) is 5.05. The monoisotopic (exact) mass is 304 g/mol. The van der Waals surface area contributed by atoms with E-state index in [1.807, 2.05) is 38.1 Å². The van der Waals surface area contributed by atoms with Crippen molar-refractivity contribution >= 4 is 23.7 Å². The van der Waals surface area contributed by atoms with Crippen LogP contribution in [0.15, 0.2) is 34.3 Å². The maximum Gasteiger partial charge on any atom is 0.173 e. The summed E-state index contributed by atoms with van der Waals surface area (Å²) in [7, 11) is 1.69. The van der Waals surface area contributed by atoms with Gasteiger partial charge in [-0.2, -0.15) is 0 Å². The van der Waals surface area contributed by atoms with Gasteiger partial charge in [0.1, 0.15) is 18.7 Å². The molecular formula is C14H17ClN6. The first-order valence-electron chi connectivity index (χ1n) is 6.47. The minimum absolute atomic E-state index is 0.430. The number of nitrogens with one attached hydrogen (secondary N) is 1. The van der Waals surface area contributed by atoms with E-state index in [0.29, 0.717) is 11.6 Å². The van der Waals surface area contributed by atoms with E-state index in [1.54, 1.807) is 18.1 Å². The van der Waals surface area contributed by atoms with Crippen molar-refractivity contribution in [3.63, 3.8) is 0 Å². The standard InChI is InChI=1S/C14H17ClN6/c1-10(12-4-6-13(15)7-5-12)17-8-14-20-19-11(2)21(14)18-9-16-3/h4-7,9H,8H2,1-3H3,(H,16,18)/b17-10+. The molecule has 0 unspecified atom stereocenters. The molecule has 0 amide bonds. The fourth-order valence-corrected chi connectivity index (χ4v) is 1.89. The van der Waals surface area contributed by atoms with Crippen molar-refractivity contribution in [1.82, 2.24) is 14.9 Å². The lowest BCUT2D eigenvalue weighted by Crippen LogP contribution is -2.17. The summed E-state index contributed by atoms with van der Waals surface area (Å²) in [5, 5.41) is 8.86. The molecule has 0 bridgehead atoms. The number of hydrogen-bond acceptors (Lipinski definition) is 4. The smallest absolute Gasteiger partial charge is 0.173 e. The van der Waals surface area contributed by atoms with Gasteiger partial charge in [-0.1, -0.05) is 23.7 Å². The van der Waals surface area contributed by atoms with Gasteiger partial charge < -0.3 is 0 Å². The van der Waals surface area contributed by atoms with Gasteiger partial charge in [0, 0.05) is 17.8 Å². The highest BCUT2D eigenvalue weighted by Crippen LogP contribution is 2.11. The molecule has 0 spiro atoms. The second kappa shape index (κ2) is 6.99. The summed E-state index contributed by atoms with van der Waals surface area (Å²) in [6, 6.07) is 7.59. The summed E-state index contributed by atoms with van der Waals surface area (Å²) in [4.78, 5) is 8.43. The molecule has 1 aromatic heterocycles. The van der Waals surface area contributed by atoms with Crippen LogP contribution in [0.3, 0.4) is 0 Å². The molecule has 0 atom stereocenters. The van der Waals surface area contributed by atoms with Gasteiger partial charge in [-0.3, -0.25) is 15.4 Å². The number of aromatic nitrogens is 3. The van der Waals surface area contributed by atoms with Crippen LogP contribution >= 0.6 is 11.6 Å². The summed E-state index contributed by atoms with van der Waals surface area (Å²) in [6.07, 6.45) is 1.58. The van der Waals surface area contributed by atoms with Crippen LogP contribution < -0.4 is 5.43 Å². The number of aryl methyl sites for hydroxylation is 1. The summed E-state index contributed by atoms with van der Waals surface area (Å²) >= 11 is 5.88. The number of hydrogen-bond donors (Lipinski definition) is 1. The summed E-state index contributed by atoms with van der Waals surface area (Å²) in [5.41, 5.74) is 4.95. The van der Waals surface area contributed by atoms with Crippen molar-refractivity contribution in [2.75, 3.05) is 12.5 Å². The molecule has 1 aromatic carbocycles. The molecule has 0 saturated carbocycles. The van der Waals surface area contributed by atoms with Crippen LogP contribution in [0.2, 0.25) is 5.02 Å². The third kappa shape index (κ3) is 3.88. The topological polar surface area (TPSA) is 67.5 Å². The molecule has 1 heterocycles. The predicted octanol–water partition coefficient (Wildman–Crippen LogP) is 2.45. The SMILES string of the molecule is C/N=C\Nn1c(C)nnc1C/N=C(\C)c1ccc(Cl)cc1. The van der Waals surface area contributed by atoms with Crippen LogP contribution in [0.4, 0.5) is 0 Å². The Balaban J connectivity index is 2.15. The number of nitrogens with zero attached hydrogens (tertiary/aromatic N) is 5. The zero-order chi connectivity index (χ0) is 15.2. The van der Waals surface area contributed by atoms with E-state index in [1.165, 1.54) is 0 Å². The second-order valence-electron chi connectivity index (χ2n) is 4.42. The molecule has 2 rings (SSSR count). The highest BCUT2D eigenvalue weighted by Gasteiger charge is 2.07. The first kappa shape index (κ1) is 15.2. The number of benzene rings is 1. The molecule has 21 heavy (non-hydrogen) atoms. The lowest BCUT2D eigenvalue weighted by molar-refractivity contribution is 0.812. The second-order valence-corrected chi connectivity index (χ2v) is 4.86. The number of halogens is 1. The minimum Gasteiger partial charge on any atom is -0.281 e. The van der Waals surface area contributed by atoms with Gasteiger partial charge in [0.2, 0.25) is 0 Å². The Morgan fingerprint density at radius 1 is 1.33 bits per heavy atom. The van der Waals surface area contributed by atoms with Gasteiger partial charge in [0.25, 0.3) is 0 Å². The molecule has 1 N–H and O–H groups in total. The van der Waals surface area contributed by atoms with E-state index < -0.39 is 0 Å². The average Bonchev–Trinajstić information content (AvgIpc) is 2.83. The molecule has 7 heteroatoms. The Hall–Kier alpha value is -2.21. The normalized spacial score (nSPS) is 12.1. The van der Waals surface area contributed by atoms with Crippen LogP contribution in [-0.4, -0.2) is 34.0 Å². The van der Waals surface area contributed by atoms with Crippen LogP contribution in [0.25, 0.3) is 0 Å². The first-order chi connectivity index (χ1) is 10.1. The Morgan fingerprint density at radius 3 is 2.71 bits per heavy atom. The fourth-order valence-electron chi connectivity index (χ4n) is 1.76. The molecule has 110 valence electrons. The van der Waals surface area contributed by atoms with Gasteiger partial charge in [-0.05, 0) is 31.5 Å². The van der Waals surface area contributed by atoms with Crippen LogP contribution in [0.5, 0.6) is 0 Å². The van der Waals surface area contributed by atoms with Crippen molar-refractivity contribution in [3.05, 3.63) is 46.5 Å². The molecule has 0 saturated heterocycles. The number of rotatable bonds is 5. The molecule has 0 aliphatic heterocycles. The zero-order valence-corrected chi connectivity index (χ0v) is 13.0. The lowest BCUT2D eigenvalue weighted by atomic mass is 10.1. The Bertz CT molecular complexity index is 657. The summed E-state index contributed by atoms with van der Waals surface area (Å²) in [5.74, 6) is 1.48. The van der Waals surface area contributed by atoms with Crippen molar-refractivity contribution in [3.8, 4) is 0 Å². The van der Waals surface area contributed by atoms with E-state index in [-0.39, 0.29) is 0 Å². The van der Waals surface area contributed by atoms with Crippen molar-refractivity contribution in [2.45, 2.75) is 20.4 Å². The molecule has 2 aromatic rings. The Morgan fingerprint density at radius 2 is 2.05 bits per heavy atom. The van der Waals surface area contributed by atoms with E-state index in [4.69, 9.17) is 11.6 Å². The van der Waals surface area contributed by atoms with Gasteiger partial charge >= 0.3 is 0 Å². The molecular weight excluding hydrogens is 288 g/mol. The van der Waals surface area contributed by atoms with Gasteiger partial charge in [0.15, 0.2) is 5.82 Å². The average molecular weight is 305 g/mol. The van der Waals surface area contributed by atoms with Crippen LogP contribution in [0.1, 0.15) is 24.1 Å². The van der Waals surface area contributed by atoms with E-state index >= 15 is 0 Å². The Labute approximate surface area is 128 Å². The largest absolute Gasteiger partial charge is 0.281 e. The summed E-state index contributed by atoms with van der Waals surface area (Å²) in [6.45, 7) is 4.25. The highest BCUT2D eigenvalue weighted by atomic mass is 35.5. The van der Waals surface area contributed by atoms with Crippen molar-refractivity contribution in [2.24, 2.45) is 9.98 Å². The van der Waals surface area contributed by atoms with Crippen molar-refractivity contribution < 1.29 is 0 Å². The fraction of sp³-hybridized carbons (Fsp3) is 0.286. The quantitative estimate of drug-likeness (QED) is 0.681. The van der Waals surface area contributed by atoms with Crippen molar-refractivity contribution in [1.29, 1.82) is 0 Å². The third-order valence-electron chi connectivity index (χ3n) is 2.93. The highest BCUT2D eigenvalue weighted by molar-refractivity contribution is 6.30. The molecule has 0 radical (unpaired) electrons. The maximum absolute atomic E-state index is 5.88. The number of aliphatic imine (C=N–C) groups is 2. The molecule has 0 aliphatic rings. The predicted molar refractivity (Wildman–Crippen MR) is 85.9 cm³/mol. The zero-order valence-electron chi connectivity index (χ0n) is 12.2. The molecule has 0 aliphatic carbocycles. The van der Waals surface area contributed by atoms with E-state index in [9.17, 15) is 0 Å². The first-order valence-corrected chi connectivity index (χ1v) is 6.84. The summed E-state index contributed by atoms with van der Waals surface area (Å²) < 4.78 is 1.76. The van der Waals surface area contributed by atoms with Crippen LogP contribution in [-0.2, 0) is 6.54 Å². The third-order valence-corrected chi connectivity index (χ3v) is 3.18. The molecule has 6 nitrogen and oxygen atoms in total. The van der Waals surface area contributed by atoms with E-state index in [0.717, 1.165) is 22.9 Å². The van der Waals surface area contributed by atoms with E-state index in [2.05, 4.69) is 25.6 Å². The lowest BCUT2D eigenvalue weighted by Gasteiger charge is -2.06. The molecule has 0 fully saturated rings. The van der Waals surface area contributed by atoms with Gasteiger partial charge in [-0.25, -0.2) is 4.68 Å². The minimum atomic E-state index is 0.430. The van der Waals surface area contributed by atoms with Gasteiger partial charge in [-0.15, -0.1) is 10.2 Å².